The second kappa shape index (κ2) is 11.0. The third-order valence-corrected chi connectivity index (χ3v) is 4.66. The normalized spacial score (nSPS) is 11.0. The number of halogens is 2. The van der Waals surface area contributed by atoms with E-state index in [-0.39, 0.29) is 30.8 Å². The molecule has 0 unspecified atom stereocenters. The lowest BCUT2D eigenvalue weighted by atomic mass is 10.2. The van der Waals surface area contributed by atoms with Crippen molar-refractivity contribution in [2.75, 3.05) is 5.32 Å². The van der Waals surface area contributed by atoms with Gasteiger partial charge in [0.2, 0.25) is 11.8 Å². The van der Waals surface area contributed by atoms with Crippen LogP contribution in [0.3, 0.4) is 0 Å². The summed E-state index contributed by atoms with van der Waals surface area (Å²) < 4.78 is 6.59. The molecule has 0 radical (unpaired) electrons. The molecule has 0 saturated heterocycles. The van der Waals surface area contributed by atoms with Gasteiger partial charge in [0.25, 0.3) is 0 Å². The highest BCUT2D eigenvalue weighted by molar-refractivity contribution is 9.10. The van der Waals surface area contributed by atoms with Gasteiger partial charge in [-0.1, -0.05) is 33.6 Å². The van der Waals surface area contributed by atoms with Crippen molar-refractivity contribution in [1.29, 1.82) is 0 Å². The first-order valence-electron chi connectivity index (χ1n) is 9.08. The van der Waals surface area contributed by atoms with Gasteiger partial charge in [-0.05, 0) is 56.7 Å². The molecule has 0 aliphatic carbocycles. The Morgan fingerprint density at radius 1 is 1.17 bits per heavy atom. The number of anilines is 1. The number of nitrogens with zero attached hydrogens (tertiary/aromatic N) is 1. The number of carbonyl (C=O) groups is 2. The zero-order chi connectivity index (χ0) is 21.4. The van der Waals surface area contributed by atoms with E-state index in [2.05, 4.69) is 31.8 Å². The van der Waals surface area contributed by atoms with Crippen LogP contribution < -0.4 is 15.5 Å². The SMILES string of the molecule is Cc1ccc(NC(=O)CCC(=O)NN=Cc2cc(Br)ccc2OC(C)C)cc1Cl. The fourth-order valence-electron chi connectivity index (χ4n) is 2.33. The monoisotopic (exact) mass is 479 g/mol. The predicted octanol–water partition coefficient (Wildman–Crippen LogP) is 5.07. The Bertz CT molecular complexity index is 916. The Labute approximate surface area is 183 Å². The molecule has 0 aliphatic rings. The van der Waals surface area contributed by atoms with Gasteiger partial charge in [-0.25, -0.2) is 5.43 Å². The van der Waals surface area contributed by atoms with Crippen LogP contribution in [0.4, 0.5) is 5.69 Å². The van der Waals surface area contributed by atoms with Gasteiger partial charge in [0, 0.05) is 33.6 Å². The molecule has 154 valence electrons. The summed E-state index contributed by atoms with van der Waals surface area (Å²) in [5, 5.41) is 7.25. The van der Waals surface area contributed by atoms with Crippen LogP contribution in [0.5, 0.6) is 5.75 Å². The fourth-order valence-corrected chi connectivity index (χ4v) is 2.89. The highest BCUT2D eigenvalue weighted by atomic mass is 79.9. The van der Waals surface area contributed by atoms with Crippen molar-refractivity contribution in [2.24, 2.45) is 5.10 Å². The van der Waals surface area contributed by atoms with E-state index >= 15 is 0 Å². The summed E-state index contributed by atoms with van der Waals surface area (Å²) in [5.41, 5.74) is 4.67. The van der Waals surface area contributed by atoms with Gasteiger partial charge in [-0.15, -0.1) is 0 Å². The third kappa shape index (κ3) is 7.87. The van der Waals surface area contributed by atoms with Crippen molar-refractivity contribution < 1.29 is 14.3 Å². The van der Waals surface area contributed by atoms with Gasteiger partial charge in [-0.2, -0.15) is 5.10 Å². The summed E-state index contributed by atoms with van der Waals surface area (Å²) in [6.45, 7) is 5.74. The summed E-state index contributed by atoms with van der Waals surface area (Å²) in [5.74, 6) is 0.0284. The molecule has 0 aliphatic heterocycles. The lowest BCUT2D eigenvalue weighted by Gasteiger charge is -2.12. The summed E-state index contributed by atoms with van der Waals surface area (Å²) in [4.78, 5) is 24.0. The molecular weight excluding hydrogens is 458 g/mol. The summed E-state index contributed by atoms with van der Waals surface area (Å²) in [6, 6.07) is 10.8. The number of amides is 2. The van der Waals surface area contributed by atoms with Crippen molar-refractivity contribution >= 4 is 51.2 Å². The van der Waals surface area contributed by atoms with Crippen LogP contribution in [0.15, 0.2) is 46.0 Å². The van der Waals surface area contributed by atoms with Gasteiger partial charge in [-0.3, -0.25) is 9.59 Å². The largest absolute Gasteiger partial charge is 0.490 e. The molecule has 2 aromatic rings. The molecule has 2 rings (SSSR count). The third-order valence-electron chi connectivity index (χ3n) is 3.76. The number of hydrogen-bond donors (Lipinski definition) is 2. The standard InChI is InChI=1S/C21H23BrClN3O3/c1-13(2)29-19-7-5-16(22)10-15(19)12-24-26-21(28)9-8-20(27)25-17-6-4-14(3)18(23)11-17/h4-7,10-13H,8-9H2,1-3H3,(H,25,27)(H,26,28). The minimum Gasteiger partial charge on any atom is -0.490 e. The zero-order valence-electron chi connectivity index (χ0n) is 16.5. The molecule has 0 heterocycles. The smallest absolute Gasteiger partial charge is 0.240 e. The Hall–Kier alpha value is -2.38. The summed E-state index contributed by atoms with van der Waals surface area (Å²) in [6.07, 6.45) is 1.57. The number of benzene rings is 2. The summed E-state index contributed by atoms with van der Waals surface area (Å²) >= 11 is 9.44. The van der Waals surface area contributed by atoms with Crippen molar-refractivity contribution in [1.82, 2.24) is 5.43 Å². The van der Waals surface area contributed by atoms with Crippen LogP contribution in [0.1, 0.15) is 37.8 Å². The number of carbonyl (C=O) groups excluding carboxylic acids is 2. The average Bonchev–Trinajstić information content (AvgIpc) is 2.65. The molecule has 0 fully saturated rings. The van der Waals surface area contributed by atoms with Crippen LogP contribution in [-0.4, -0.2) is 24.1 Å². The van der Waals surface area contributed by atoms with E-state index in [1.54, 1.807) is 12.1 Å². The molecule has 2 aromatic carbocycles. The molecule has 0 saturated carbocycles. The van der Waals surface area contributed by atoms with E-state index in [1.807, 2.05) is 45.0 Å². The van der Waals surface area contributed by atoms with Crippen LogP contribution in [0.25, 0.3) is 0 Å². The van der Waals surface area contributed by atoms with Gasteiger partial charge >= 0.3 is 0 Å². The van der Waals surface area contributed by atoms with E-state index in [0.29, 0.717) is 16.5 Å². The van der Waals surface area contributed by atoms with Gasteiger partial charge in [0.05, 0.1) is 12.3 Å². The number of rotatable bonds is 8. The molecule has 6 nitrogen and oxygen atoms in total. The van der Waals surface area contributed by atoms with Crippen LogP contribution >= 0.6 is 27.5 Å². The number of ether oxygens (including phenoxy) is 1. The quantitative estimate of drug-likeness (QED) is 0.409. The first-order chi connectivity index (χ1) is 13.7. The van der Waals surface area contributed by atoms with Crippen molar-refractivity contribution in [3.63, 3.8) is 0 Å². The highest BCUT2D eigenvalue weighted by Crippen LogP contribution is 2.23. The Morgan fingerprint density at radius 3 is 2.59 bits per heavy atom. The Balaban J connectivity index is 1.84. The minimum atomic E-state index is -0.361. The first-order valence-corrected chi connectivity index (χ1v) is 10.3. The second-order valence-electron chi connectivity index (χ2n) is 6.65. The van der Waals surface area contributed by atoms with E-state index in [0.717, 1.165) is 15.6 Å². The molecule has 2 N–H and O–H groups in total. The fraction of sp³-hybridized carbons (Fsp3) is 0.286. The summed E-state index contributed by atoms with van der Waals surface area (Å²) in [7, 11) is 0. The van der Waals surface area contributed by atoms with E-state index < -0.39 is 0 Å². The molecular formula is C21H23BrClN3O3. The topological polar surface area (TPSA) is 79.8 Å². The molecule has 0 atom stereocenters. The van der Waals surface area contributed by atoms with Gasteiger partial charge < -0.3 is 10.1 Å². The Kier molecular flexibility index (Phi) is 8.67. The number of hydrazone groups is 1. The maximum atomic E-state index is 12.0. The van der Waals surface area contributed by atoms with Crippen LogP contribution in [-0.2, 0) is 9.59 Å². The molecule has 8 heteroatoms. The average molecular weight is 481 g/mol. The molecule has 0 aromatic heterocycles. The van der Waals surface area contributed by atoms with Crippen molar-refractivity contribution in [2.45, 2.75) is 39.7 Å². The zero-order valence-corrected chi connectivity index (χ0v) is 18.8. The Morgan fingerprint density at radius 2 is 1.90 bits per heavy atom. The number of aryl methyl sites for hydroxylation is 1. The molecule has 0 spiro atoms. The van der Waals surface area contributed by atoms with Crippen molar-refractivity contribution in [3.05, 3.63) is 57.0 Å². The van der Waals surface area contributed by atoms with Crippen LogP contribution in [0.2, 0.25) is 5.02 Å². The molecule has 29 heavy (non-hydrogen) atoms. The van der Waals surface area contributed by atoms with Gasteiger partial charge in [0.1, 0.15) is 5.75 Å². The minimum absolute atomic E-state index is 0.0105. The van der Waals surface area contributed by atoms with E-state index in [9.17, 15) is 9.59 Å². The van der Waals surface area contributed by atoms with Crippen LogP contribution in [0, 0.1) is 6.92 Å². The first kappa shape index (κ1) is 22.9. The number of hydrogen-bond acceptors (Lipinski definition) is 4. The van der Waals surface area contributed by atoms with E-state index in [1.165, 1.54) is 6.21 Å². The second-order valence-corrected chi connectivity index (χ2v) is 7.98. The van der Waals surface area contributed by atoms with Crippen molar-refractivity contribution in [3.8, 4) is 5.75 Å². The van der Waals surface area contributed by atoms with Gasteiger partial charge in [0.15, 0.2) is 0 Å². The maximum absolute atomic E-state index is 12.0. The van der Waals surface area contributed by atoms with E-state index in [4.69, 9.17) is 16.3 Å². The highest BCUT2D eigenvalue weighted by Gasteiger charge is 2.08. The molecule has 2 amide bonds. The number of nitrogens with one attached hydrogen (secondary N) is 2. The lowest BCUT2D eigenvalue weighted by Crippen LogP contribution is -2.20. The predicted molar refractivity (Wildman–Crippen MR) is 120 cm³/mol. The lowest BCUT2D eigenvalue weighted by molar-refractivity contribution is -0.124. The maximum Gasteiger partial charge on any atom is 0.240 e. The molecule has 0 bridgehead atoms.